The second kappa shape index (κ2) is 8.53. The third-order valence-corrected chi connectivity index (χ3v) is 5.02. The van der Waals surface area contributed by atoms with Crippen LogP contribution in [0, 0.1) is 6.92 Å². The number of hydrogen-bond acceptors (Lipinski definition) is 8. The number of pyridine rings is 1. The molecule has 2 aromatic carbocycles. The zero-order valence-electron chi connectivity index (χ0n) is 17.2. The molecule has 0 aliphatic carbocycles. The van der Waals surface area contributed by atoms with E-state index in [1.54, 1.807) is 19.2 Å². The van der Waals surface area contributed by atoms with E-state index in [1.165, 1.54) is 13.4 Å². The maximum atomic E-state index is 6.37. The van der Waals surface area contributed by atoms with Crippen LogP contribution >= 0.6 is 11.6 Å². The topological polar surface area (TPSA) is 107 Å². The van der Waals surface area contributed by atoms with Crippen molar-refractivity contribution in [1.29, 1.82) is 0 Å². The predicted molar refractivity (Wildman–Crippen MR) is 124 cm³/mol. The lowest BCUT2D eigenvalue weighted by Gasteiger charge is -2.16. The Labute approximate surface area is 184 Å². The Kier molecular flexibility index (Phi) is 5.64. The highest BCUT2D eigenvalue weighted by atomic mass is 35.5. The van der Waals surface area contributed by atoms with Crippen LogP contribution in [-0.2, 0) is 0 Å². The molecule has 4 aromatic rings. The summed E-state index contributed by atoms with van der Waals surface area (Å²) >= 11 is 6.27. The number of aryl methyl sites for hydroxylation is 1. The van der Waals surface area contributed by atoms with Gasteiger partial charge in [0, 0.05) is 17.1 Å². The number of nitrogens with zero attached hydrogens (tertiary/aromatic N) is 3. The van der Waals surface area contributed by atoms with E-state index in [4.69, 9.17) is 26.8 Å². The zero-order valence-corrected chi connectivity index (χ0v) is 18.0. The molecule has 0 bridgehead atoms. The minimum absolute atomic E-state index is 0.334. The van der Waals surface area contributed by atoms with Gasteiger partial charge in [0.15, 0.2) is 11.6 Å². The molecule has 8 nitrogen and oxygen atoms in total. The van der Waals surface area contributed by atoms with Gasteiger partial charge in [0.05, 0.1) is 36.1 Å². The van der Waals surface area contributed by atoms with Gasteiger partial charge < -0.3 is 25.8 Å². The van der Waals surface area contributed by atoms with Gasteiger partial charge in [-0.05, 0) is 25.1 Å². The summed E-state index contributed by atoms with van der Waals surface area (Å²) in [6, 6.07) is 13.2. The van der Waals surface area contributed by atoms with Crippen molar-refractivity contribution in [2.75, 3.05) is 30.6 Å². The fourth-order valence-corrected chi connectivity index (χ4v) is 3.39. The van der Waals surface area contributed by atoms with E-state index in [2.05, 4.69) is 25.6 Å². The Hall–Kier alpha value is -3.78. The highest BCUT2D eigenvalue weighted by Gasteiger charge is 2.15. The number of fused-ring (bicyclic) bond motifs is 1. The summed E-state index contributed by atoms with van der Waals surface area (Å²) in [5, 5.41) is 7.87. The SMILES string of the molecule is COc1cc(OC)c(Nc2ncnc(Nc3cccc4ccc(C)nc34)c2N)cc1Cl. The molecule has 2 aromatic heterocycles. The van der Waals surface area contributed by atoms with Gasteiger partial charge in [-0.2, -0.15) is 0 Å². The van der Waals surface area contributed by atoms with Crippen LogP contribution in [0.2, 0.25) is 5.02 Å². The average molecular weight is 437 g/mol. The van der Waals surface area contributed by atoms with E-state index in [0.29, 0.717) is 39.5 Å². The van der Waals surface area contributed by atoms with Crippen molar-refractivity contribution >= 4 is 51.2 Å². The lowest BCUT2D eigenvalue weighted by Crippen LogP contribution is -2.06. The first kappa shape index (κ1) is 20.5. The number of methoxy groups -OCH3 is 2. The van der Waals surface area contributed by atoms with Crippen molar-refractivity contribution < 1.29 is 9.47 Å². The molecule has 0 radical (unpaired) electrons. The van der Waals surface area contributed by atoms with Crippen molar-refractivity contribution in [3.63, 3.8) is 0 Å². The Morgan fingerprint density at radius 3 is 2.32 bits per heavy atom. The molecule has 0 amide bonds. The molecule has 0 aliphatic heterocycles. The maximum Gasteiger partial charge on any atom is 0.159 e. The van der Waals surface area contributed by atoms with Gasteiger partial charge in [-0.25, -0.2) is 9.97 Å². The number of nitrogens with one attached hydrogen (secondary N) is 2. The smallest absolute Gasteiger partial charge is 0.159 e. The van der Waals surface area contributed by atoms with Gasteiger partial charge in [-0.1, -0.05) is 29.8 Å². The summed E-state index contributed by atoms with van der Waals surface area (Å²) in [5.41, 5.74) is 9.84. The molecule has 0 saturated heterocycles. The third kappa shape index (κ3) is 4.10. The molecule has 0 unspecified atom stereocenters. The number of halogens is 1. The molecular formula is C22H21ClN6O2. The molecule has 0 aliphatic rings. The molecule has 2 heterocycles. The molecular weight excluding hydrogens is 416 g/mol. The van der Waals surface area contributed by atoms with Crippen molar-refractivity contribution in [2.24, 2.45) is 0 Å². The van der Waals surface area contributed by atoms with E-state index in [0.717, 1.165) is 22.3 Å². The highest BCUT2D eigenvalue weighted by molar-refractivity contribution is 6.32. The molecule has 0 atom stereocenters. The van der Waals surface area contributed by atoms with Crippen LogP contribution in [0.1, 0.15) is 5.69 Å². The highest BCUT2D eigenvalue weighted by Crippen LogP contribution is 2.38. The monoisotopic (exact) mass is 436 g/mol. The van der Waals surface area contributed by atoms with Crippen molar-refractivity contribution in [2.45, 2.75) is 6.92 Å². The molecule has 0 spiro atoms. The number of ether oxygens (including phenoxy) is 2. The Balaban J connectivity index is 1.69. The predicted octanol–water partition coefficient (Wildman–Crippen LogP) is 5.07. The molecule has 31 heavy (non-hydrogen) atoms. The second-order valence-corrected chi connectivity index (χ2v) is 7.16. The number of aromatic nitrogens is 3. The first-order chi connectivity index (χ1) is 15.0. The molecule has 4 N–H and O–H groups in total. The summed E-state index contributed by atoms with van der Waals surface area (Å²) in [5.74, 6) is 1.89. The average Bonchev–Trinajstić information content (AvgIpc) is 2.77. The van der Waals surface area contributed by atoms with Gasteiger partial charge in [0.2, 0.25) is 0 Å². The van der Waals surface area contributed by atoms with E-state index in [-0.39, 0.29) is 0 Å². The van der Waals surface area contributed by atoms with Crippen LogP contribution in [0.3, 0.4) is 0 Å². The third-order valence-electron chi connectivity index (χ3n) is 4.72. The second-order valence-electron chi connectivity index (χ2n) is 6.75. The first-order valence-corrected chi connectivity index (χ1v) is 9.80. The van der Waals surface area contributed by atoms with Crippen LogP contribution in [0.15, 0.2) is 48.8 Å². The largest absolute Gasteiger partial charge is 0.495 e. The minimum Gasteiger partial charge on any atom is -0.495 e. The zero-order chi connectivity index (χ0) is 22.0. The van der Waals surface area contributed by atoms with E-state index in [1.807, 2.05) is 37.3 Å². The number of nitrogens with two attached hydrogens (primary N) is 1. The van der Waals surface area contributed by atoms with Crippen LogP contribution in [0.5, 0.6) is 11.5 Å². The lowest BCUT2D eigenvalue weighted by molar-refractivity contribution is 0.396. The van der Waals surface area contributed by atoms with Crippen molar-refractivity contribution in [3.05, 3.63) is 59.5 Å². The summed E-state index contributed by atoms with van der Waals surface area (Å²) < 4.78 is 10.7. The van der Waals surface area contributed by atoms with Crippen LogP contribution in [0.4, 0.5) is 28.7 Å². The lowest BCUT2D eigenvalue weighted by atomic mass is 10.1. The first-order valence-electron chi connectivity index (χ1n) is 9.42. The minimum atomic E-state index is 0.334. The van der Waals surface area contributed by atoms with Crippen LogP contribution in [0.25, 0.3) is 10.9 Å². The standard InChI is InChI=1S/C22H21ClN6O2/c1-12-7-8-13-5-4-6-15(20(13)27-12)28-21-19(24)22(26-11-25-21)29-16-9-14(23)17(30-2)10-18(16)31-3/h4-11H,24H2,1-3H3,(H2,25,26,28,29). The summed E-state index contributed by atoms with van der Waals surface area (Å²) in [6.07, 6.45) is 1.42. The van der Waals surface area contributed by atoms with Gasteiger partial charge in [0.1, 0.15) is 23.5 Å². The summed E-state index contributed by atoms with van der Waals surface area (Å²) in [4.78, 5) is 13.2. The number of nitrogen functional groups attached to an aromatic ring is 1. The maximum absolute atomic E-state index is 6.37. The quantitative estimate of drug-likeness (QED) is 0.384. The van der Waals surface area contributed by atoms with Crippen molar-refractivity contribution in [1.82, 2.24) is 15.0 Å². The summed E-state index contributed by atoms with van der Waals surface area (Å²) in [6.45, 7) is 1.95. The van der Waals surface area contributed by atoms with E-state index < -0.39 is 0 Å². The van der Waals surface area contributed by atoms with Gasteiger partial charge in [-0.15, -0.1) is 0 Å². The molecule has 0 fully saturated rings. The fourth-order valence-electron chi connectivity index (χ4n) is 3.15. The Bertz CT molecular complexity index is 1260. The fraction of sp³-hybridized carbons (Fsp3) is 0.136. The normalized spacial score (nSPS) is 10.7. The van der Waals surface area contributed by atoms with Gasteiger partial charge in [0.25, 0.3) is 0 Å². The number of hydrogen-bond donors (Lipinski definition) is 3. The summed E-state index contributed by atoms with van der Waals surface area (Å²) in [7, 11) is 3.09. The Morgan fingerprint density at radius 1 is 0.903 bits per heavy atom. The van der Waals surface area contributed by atoms with Crippen LogP contribution in [-0.4, -0.2) is 29.2 Å². The Morgan fingerprint density at radius 2 is 1.61 bits per heavy atom. The van der Waals surface area contributed by atoms with Gasteiger partial charge >= 0.3 is 0 Å². The van der Waals surface area contributed by atoms with E-state index in [9.17, 15) is 0 Å². The van der Waals surface area contributed by atoms with E-state index >= 15 is 0 Å². The molecule has 4 rings (SSSR count). The molecule has 158 valence electrons. The number of para-hydroxylation sites is 1. The number of anilines is 5. The van der Waals surface area contributed by atoms with Crippen LogP contribution < -0.4 is 25.8 Å². The number of benzene rings is 2. The molecule has 0 saturated carbocycles. The van der Waals surface area contributed by atoms with Gasteiger partial charge in [-0.3, -0.25) is 4.98 Å². The number of rotatable bonds is 6. The molecule has 9 heteroatoms. The van der Waals surface area contributed by atoms with Crippen molar-refractivity contribution in [3.8, 4) is 11.5 Å².